The summed E-state index contributed by atoms with van der Waals surface area (Å²) in [5, 5.41) is 4.18. The number of allylic oxidation sites excluding steroid dienone is 1. The number of carbonyl (C=O) groups excluding carboxylic acids is 2. The molecule has 0 spiro atoms. The molecular formula is C19H20N4O3S. The number of esters is 1. The van der Waals surface area contributed by atoms with E-state index in [1.54, 1.807) is 42.9 Å². The molecule has 7 nitrogen and oxygen atoms in total. The number of fused-ring (bicyclic) bond motifs is 1. The highest BCUT2D eigenvalue weighted by Crippen LogP contribution is 2.20. The molecule has 140 valence electrons. The Hall–Kier alpha value is -3.00. The SMILES string of the molecule is C=CCn1c(=NC(=O)c2cc(C)n(C)n2)sc2cc(C(=O)OCC)ccc21. The van der Waals surface area contributed by atoms with Crippen LogP contribution in [0.5, 0.6) is 0 Å². The second kappa shape index (κ2) is 7.71. The van der Waals surface area contributed by atoms with Gasteiger partial charge in [0.05, 0.1) is 22.4 Å². The molecule has 0 fully saturated rings. The van der Waals surface area contributed by atoms with Crippen molar-refractivity contribution in [1.82, 2.24) is 14.3 Å². The van der Waals surface area contributed by atoms with Crippen molar-refractivity contribution in [2.45, 2.75) is 20.4 Å². The molecule has 0 saturated carbocycles. The van der Waals surface area contributed by atoms with Gasteiger partial charge in [-0.1, -0.05) is 17.4 Å². The van der Waals surface area contributed by atoms with Gasteiger partial charge in [0.1, 0.15) is 0 Å². The fraction of sp³-hybridized carbons (Fsp3) is 0.263. The molecule has 0 radical (unpaired) electrons. The Bertz CT molecular complexity index is 1080. The quantitative estimate of drug-likeness (QED) is 0.501. The highest BCUT2D eigenvalue weighted by molar-refractivity contribution is 7.16. The fourth-order valence-electron chi connectivity index (χ4n) is 2.61. The van der Waals surface area contributed by atoms with E-state index >= 15 is 0 Å². The molecule has 1 aromatic carbocycles. The Morgan fingerprint density at radius 1 is 1.37 bits per heavy atom. The number of benzene rings is 1. The number of thiazole rings is 1. The van der Waals surface area contributed by atoms with E-state index in [0.717, 1.165) is 15.9 Å². The number of amides is 1. The van der Waals surface area contributed by atoms with E-state index in [4.69, 9.17) is 4.74 Å². The van der Waals surface area contributed by atoms with Crippen LogP contribution in [0.1, 0.15) is 33.5 Å². The molecule has 0 aliphatic heterocycles. The number of hydrogen-bond donors (Lipinski definition) is 0. The Kier molecular flexibility index (Phi) is 5.36. The summed E-state index contributed by atoms with van der Waals surface area (Å²) in [5.41, 5.74) is 2.51. The van der Waals surface area contributed by atoms with Crippen LogP contribution in [0.4, 0.5) is 0 Å². The molecule has 1 amide bonds. The summed E-state index contributed by atoms with van der Waals surface area (Å²) >= 11 is 1.33. The lowest BCUT2D eigenvalue weighted by Gasteiger charge is -2.03. The normalized spacial score (nSPS) is 11.7. The van der Waals surface area contributed by atoms with Gasteiger partial charge < -0.3 is 9.30 Å². The van der Waals surface area contributed by atoms with Gasteiger partial charge in [-0.15, -0.1) is 6.58 Å². The zero-order valence-corrected chi connectivity index (χ0v) is 16.2. The van der Waals surface area contributed by atoms with E-state index in [0.29, 0.717) is 29.2 Å². The zero-order chi connectivity index (χ0) is 19.6. The van der Waals surface area contributed by atoms with Gasteiger partial charge in [-0.2, -0.15) is 10.1 Å². The minimum absolute atomic E-state index is 0.296. The smallest absolute Gasteiger partial charge is 0.338 e. The number of aromatic nitrogens is 3. The lowest BCUT2D eigenvalue weighted by Crippen LogP contribution is -2.16. The lowest BCUT2D eigenvalue weighted by atomic mass is 10.2. The maximum atomic E-state index is 12.5. The molecule has 2 aromatic heterocycles. The van der Waals surface area contributed by atoms with Gasteiger partial charge in [-0.25, -0.2) is 4.79 Å². The van der Waals surface area contributed by atoms with E-state index in [-0.39, 0.29) is 5.97 Å². The molecule has 27 heavy (non-hydrogen) atoms. The summed E-state index contributed by atoms with van der Waals surface area (Å²) in [4.78, 5) is 29.3. The van der Waals surface area contributed by atoms with Crippen LogP contribution >= 0.6 is 11.3 Å². The first-order chi connectivity index (χ1) is 12.9. The van der Waals surface area contributed by atoms with Gasteiger partial charge >= 0.3 is 5.97 Å². The number of carbonyl (C=O) groups is 2. The molecule has 0 saturated heterocycles. The average Bonchev–Trinajstić information content (AvgIpc) is 3.15. The van der Waals surface area contributed by atoms with Crippen LogP contribution in [0.2, 0.25) is 0 Å². The number of rotatable bonds is 5. The van der Waals surface area contributed by atoms with Crippen LogP contribution in [0.15, 0.2) is 41.9 Å². The molecule has 3 aromatic rings. The predicted octanol–water partition coefficient (Wildman–Crippen LogP) is 2.85. The highest BCUT2D eigenvalue weighted by Gasteiger charge is 2.14. The topological polar surface area (TPSA) is 78.5 Å². The standard InChI is InChI=1S/C19H20N4O3S/c1-5-9-23-15-8-7-13(18(25)26-6-2)11-16(15)27-19(23)20-17(24)14-10-12(3)22(4)21-14/h5,7-8,10-11H,1,6,9H2,2-4H3. The van der Waals surface area contributed by atoms with Crippen molar-refractivity contribution in [3.05, 3.63) is 58.7 Å². The van der Waals surface area contributed by atoms with Crippen molar-refractivity contribution in [3.63, 3.8) is 0 Å². The largest absolute Gasteiger partial charge is 0.462 e. The van der Waals surface area contributed by atoms with Gasteiger partial charge in [-0.05, 0) is 38.1 Å². The van der Waals surface area contributed by atoms with Crippen LogP contribution in [0, 0.1) is 6.92 Å². The monoisotopic (exact) mass is 384 g/mol. The maximum absolute atomic E-state index is 12.5. The summed E-state index contributed by atoms with van der Waals surface area (Å²) in [6.45, 7) is 8.22. The maximum Gasteiger partial charge on any atom is 0.338 e. The molecule has 0 aliphatic carbocycles. The average molecular weight is 384 g/mol. The minimum Gasteiger partial charge on any atom is -0.462 e. The summed E-state index contributed by atoms with van der Waals surface area (Å²) in [7, 11) is 1.78. The summed E-state index contributed by atoms with van der Waals surface area (Å²) in [6, 6.07) is 7.00. The highest BCUT2D eigenvalue weighted by atomic mass is 32.1. The molecule has 2 heterocycles. The van der Waals surface area contributed by atoms with Crippen LogP contribution < -0.4 is 4.80 Å². The minimum atomic E-state index is -0.409. The van der Waals surface area contributed by atoms with E-state index in [9.17, 15) is 9.59 Å². The van der Waals surface area contributed by atoms with Crippen molar-refractivity contribution in [3.8, 4) is 0 Å². The van der Waals surface area contributed by atoms with Crippen molar-refractivity contribution in [2.75, 3.05) is 6.61 Å². The van der Waals surface area contributed by atoms with Gasteiger partial charge in [0.2, 0.25) is 0 Å². The fourth-order valence-corrected chi connectivity index (χ4v) is 3.69. The first kappa shape index (κ1) is 18.8. The van der Waals surface area contributed by atoms with Gasteiger partial charge in [0.15, 0.2) is 10.5 Å². The van der Waals surface area contributed by atoms with Crippen LogP contribution in [-0.4, -0.2) is 32.8 Å². The Balaban J connectivity index is 2.10. The Morgan fingerprint density at radius 2 is 2.15 bits per heavy atom. The number of ether oxygens (including phenoxy) is 1. The second-order valence-corrected chi connectivity index (χ2v) is 6.91. The van der Waals surface area contributed by atoms with Crippen molar-refractivity contribution >= 4 is 33.4 Å². The third-order valence-electron chi connectivity index (χ3n) is 4.04. The first-order valence-corrected chi connectivity index (χ1v) is 9.27. The van der Waals surface area contributed by atoms with Crippen LogP contribution in [0.25, 0.3) is 10.2 Å². The Labute approximate surface area is 160 Å². The van der Waals surface area contributed by atoms with Crippen molar-refractivity contribution in [1.29, 1.82) is 0 Å². The summed E-state index contributed by atoms with van der Waals surface area (Å²) < 4.78 is 9.41. The molecule has 0 unspecified atom stereocenters. The first-order valence-electron chi connectivity index (χ1n) is 8.45. The summed E-state index contributed by atoms with van der Waals surface area (Å²) in [6.07, 6.45) is 1.74. The molecule has 0 N–H and O–H groups in total. The second-order valence-electron chi connectivity index (χ2n) is 5.90. The van der Waals surface area contributed by atoms with E-state index in [1.165, 1.54) is 11.3 Å². The van der Waals surface area contributed by atoms with Crippen LogP contribution in [-0.2, 0) is 18.3 Å². The number of aryl methyl sites for hydroxylation is 2. The third kappa shape index (κ3) is 3.75. The summed E-state index contributed by atoms with van der Waals surface area (Å²) in [5.74, 6) is -0.782. The zero-order valence-electron chi connectivity index (χ0n) is 15.4. The van der Waals surface area contributed by atoms with Gasteiger partial charge in [0.25, 0.3) is 5.91 Å². The van der Waals surface area contributed by atoms with Gasteiger partial charge in [0, 0.05) is 19.3 Å². The number of hydrogen-bond acceptors (Lipinski definition) is 5. The molecule has 0 aliphatic rings. The number of nitrogens with zero attached hydrogens (tertiary/aromatic N) is 4. The predicted molar refractivity (Wildman–Crippen MR) is 104 cm³/mol. The van der Waals surface area contributed by atoms with Crippen molar-refractivity contribution < 1.29 is 14.3 Å². The van der Waals surface area contributed by atoms with Crippen LogP contribution in [0.3, 0.4) is 0 Å². The lowest BCUT2D eigenvalue weighted by molar-refractivity contribution is 0.0526. The molecule has 0 atom stereocenters. The molecule has 3 rings (SSSR count). The van der Waals surface area contributed by atoms with E-state index in [2.05, 4.69) is 16.7 Å². The van der Waals surface area contributed by atoms with E-state index in [1.807, 2.05) is 17.6 Å². The van der Waals surface area contributed by atoms with E-state index < -0.39 is 5.91 Å². The Morgan fingerprint density at radius 3 is 2.78 bits per heavy atom. The van der Waals surface area contributed by atoms with Crippen molar-refractivity contribution in [2.24, 2.45) is 12.0 Å². The molecular weight excluding hydrogens is 364 g/mol. The molecule has 8 heteroatoms. The molecule has 0 bridgehead atoms. The third-order valence-corrected chi connectivity index (χ3v) is 5.08. The van der Waals surface area contributed by atoms with Gasteiger partial charge in [-0.3, -0.25) is 9.48 Å².